The zero-order valence-electron chi connectivity index (χ0n) is 26.2. The molecular formula is C46H30N2. The molecule has 0 N–H and O–H groups in total. The number of hydrogen-bond donors (Lipinski definition) is 0. The number of benzene rings is 8. The second-order valence-electron chi connectivity index (χ2n) is 12.1. The summed E-state index contributed by atoms with van der Waals surface area (Å²) in [7, 11) is 0. The van der Waals surface area contributed by atoms with Gasteiger partial charge in [-0.25, -0.2) is 9.97 Å². The Labute approximate surface area is 279 Å². The zero-order valence-corrected chi connectivity index (χ0v) is 26.2. The summed E-state index contributed by atoms with van der Waals surface area (Å²) in [5.41, 5.74) is 9.73. The molecule has 0 atom stereocenters. The minimum atomic E-state index is 0.706. The van der Waals surface area contributed by atoms with Crippen molar-refractivity contribution in [3.05, 3.63) is 182 Å². The lowest BCUT2D eigenvalue weighted by Crippen LogP contribution is -1.98. The van der Waals surface area contributed by atoms with Crippen LogP contribution in [0.15, 0.2) is 182 Å². The van der Waals surface area contributed by atoms with Gasteiger partial charge in [-0.1, -0.05) is 170 Å². The number of fused-ring (bicyclic) bond motifs is 4. The van der Waals surface area contributed by atoms with Crippen LogP contribution in [0.2, 0.25) is 0 Å². The zero-order chi connectivity index (χ0) is 31.9. The predicted octanol–water partition coefficient (Wildman–Crippen LogP) is 12.3. The van der Waals surface area contributed by atoms with Crippen LogP contribution in [0.4, 0.5) is 0 Å². The van der Waals surface area contributed by atoms with Crippen molar-refractivity contribution in [3.8, 4) is 56.2 Å². The third-order valence-electron chi connectivity index (χ3n) is 9.26. The van der Waals surface area contributed by atoms with Crippen LogP contribution in [0.25, 0.3) is 88.5 Å². The largest absolute Gasteiger partial charge is 0.228 e. The van der Waals surface area contributed by atoms with Gasteiger partial charge in [-0.3, -0.25) is 0 Å². The molecule has 0 bridgehead atoms. The fourth-order valence-electron chi connectivity index (χ4n) is 7.06. The first-order valence-corrected chi connectivity index (χ1v) is 16.3. The predicted molar refractivity (Wildman–Crippen MR) is 202 cm³/mol. The molecule has 0 unspecified atom stereocenters. The smallest absolute Gasteiger partial charge is 0.160 e. The maximum Gasteiger partial charge on any atom is 0.160 e. The summed E-state index contributed by atoms with van der Waals surface area (Å²) in [4.78, 5) is 10.6. The van der Waals surface area contributed by atoms with Gasteiger partial charge in [-0.15, -0.1) is 0 Å². The summed E-state index contributed by atoms with van der Waals surface area (Å²) in [6.45, 7) is 0. The number of hydrogen-bond acceptors (Lipinski definition) is 2. The van der Waals surface area contributed by atoms with Crippen LogP contribution >= 0.6 is 0 Å². The van der Waals surface area contributed by atoms with Crippen molar-refractivity contribution >= 4 is 32.3 Å². The molecular weight excluding hydrogens is 581 g/mol. The molecule has 0 amide bonds. The molecule has 0 spiro atoms. The minimum Gasteiger partial charge on any atom is -0.228 e. The van der Waals surface area contributed by atoms with E-state index in [4.69, 9.17) is 9.97 Å². The molecule has 0 aliphatic rings. The van der Waals surface area contributed by atoms with Crippen LogP contribution < -0.4 is 0 Å². The summed E-state index contributed by atoms with van der Waals surface area (Å²) >= 11 is 0. The molecule has 9 aromatic rings. The molecule has 0 saturated heterocycles. The standard InChI is InChI=1S/C46H30N2/c1-4-15-31(16-5-1)35-22-14-23-36(29-35)41-30-42(48-46(47-41)34-20-8-3-9-21-34)45-39-26-13-12-25-38(39)43(33-18-6-2-7-19-33)40-28-27-32-17-10-11-24-37(32)44(40)45/h1-30H. The van der Waals surface area contributed by atoms with Crippen LogP contribution in [-0.4, -0.2) is 9.97 Å². The van der Waals surface area contributed by atoms with E-state index in [1.54, 1.807) is 0 Å². The van der Waals surface area contributed by atoms with Crippen molar-refractivity contribution < 1.29 is 0 Å². The Morgan fingerprint density at radius 3 is 1.56 bits per heavy atom. The normalized spacial score (nSPS) is 11.3. The van der Waals surface area contributed by atoms with Gasteiger partial charge in [0.2, 0.25) is 0 Å². The van der Waals surface area contributed by atoms with Crippen LogP contribution in [0.3, 0.4) is 0 Å². The Hall–Kier alpha value is -6.38. The Bertz CT molecular complexity index is 2590. The summed E-state index contributed by atoms with van der Waals surface area (Å²) in [5.74, 6) is 0.706. The monoisotopic (exact) mass is 610 g/mol. The van der Waals surface area contributed by atoms with E-state index in [1.165, 1.54) is 49.0 Å². The molecule has 48 heavy (non-hydrogen) atoms. The maximum atomic E-state index is 5.38. The Morgan fingerprint density at radius 1 is 0.292 bits per heavy atom. The topological polar surface area (TPSA) is 25.8 Å². The molecule has 1 heterocycles. The second kappa shape index (κ2) is 11.8. The fourth-order valence-corrected chi connectivity index (χ4v) is 7.06. The highest BCUT2D eigenvalue weighted by Crippen LogP contribution is 2.46. The van der Waals surface area contributed by atoms with Gasteiger partial charge in [0.15, 0.2) is 5.82 Å². The highest BCUT2D eigenvalue weighted by atomic mass is 14.9. The Morgan fingerprint density at radius 2 is 0.833 bits per heavy atom. The molecule has 2 heteroatoms. The van der Waals surface area contributed by atoms with Gasteiger partial charge in [0, 0.05) is 22.1 Å². The molecule has 0 radical (unpaired) electrons. The summed E-state index contributed by atoms with van der Waals surface area (Å²) in [6, 6.07) is 64.5. The molecule has 0 fully saturated rings. The van der Waals surface area contributed by atoms with E-state index in [9.17, 15) is 0 Å². The summed E-state index contributed by atoms with van der Waals surface area (Å²) < 4.78 is 0. The van der Waals surface area contributed by atoms with Gasteiger partial charge in [0.1, 0.15) is 0 Å². The van der Waals surface area contributed by atoms with Gasteiger partial charge in [0.25, 0.3) is 0 Å². The van der Waals surface area contributed by atoms with Crippen molar-refractivity contribution in [2.24, 2.45) is 0 Å². The first-order valence-electron chi connectivity index (χ1n) is 16.3. The number of aromatic nitrogens is 2. The molecule has 8 aromatic carbocycles. The van der Waals surface area contributed by atoms with Crippen molar-refractivity contribution in [2.75, 3.05) is 0 Å². The summed E-state index contributed by atoms with van der Waals surface area (Å²) in [6.07, 6.45) is 0. The van der Waals surface area contributed by atoms with E-state index in [0.29, 0.717) is 5.82 Å². The number of nitrogens with zero attached hydrogens (tertiary/aromatic N) is 2. The van der Waals surface area contributed by atoms with E-state index >= 15 is 0 Å². The van der Waals surface area contributed by atoms with Crippen LogP contribution in [0.1, 0.15) is 0 Å². The van der Waals surface area contributed by atoms with Crippen molar-refractivity contribution in [2.45, 2.75) is 0 Å². The highest BCUT2D eigenvalue weighted by molar-refractivity contribution is 6.27. The van der Waals surface area contributed by atoms with E-state index in [-0.39, 0.29) is 0 Å². The number of rotatable bonds is 5. The third-order valence-corrected chi connectivity index (χ3v) is 9.26. The molecule has 2 nitrogen and oxygen atoms in total. The molecule has 0 saturated carbocycles. The lowest BCUT2D eigenvalue weighted by Gasteiger charge is -2.19. The quantitative estimate of drug-likeness (QED) is 0.143. The summed E-state index contributed by atoms with van der Waals surface area (Å²) in [5, 5.41) is 7.19. The average Bonchev–Trinajstić information content (AvgIpc) is 3.17. The van der Waals surface area contributed by atoms with Gasteiger partial charge in [-0.2, -0.15) is 0 Å². The maximum absolute atomic E-state index is 5.38. The molecule has 1 aromatic heterocycles. The SMILES string of the molecule is c1ccc(-c2cccc(-c3cc(-c4c5ccccc5c(-c5ccccc5)c5ccc6ccccc6c45)nc(-c4ccccc4)n3)c2)cc1. The van der Waals surface area contributed by atoms with Crippen molar-refractivity contribution in [1.82, 2.24) is 9.97 Å². The van der Waals surface area contributed by atoms with Gasteiger partial charge in [0.05, 0.1) is 11.4 Å². The average molecular weight is 611 g/mol. The van der Waals surface area contributed by atoms with Gasteiger partial charge < -0.3 is 0 Å². The molecule has 224 valence electrons. The van der Waals surface area contributed by atoms with E-state index in [0.717, 1.165) is 33.6 Å². The second-order valence-corrected chi connectivity index (χ2v) is 12.1. The van der Waals surface area contributed by atoms with Crippen molar-refractivity contribution in [1.29, 1.82) is 0 Å². The van der Waals surface area contributed by atoms with E-state index in [2.05, 4.69) is 164 Å². The lowest BCUT2D eigenvalue weighted by atomic mass is 9.85. The first kappa shape index (κ1) is 27.9. The Kier molecular flexibility index (Phi) is 6.84. The molecule has 0 aliphatic carbocycles. The molecule has 9 rings (SSSR count). The van der Waals surface area contributed by atoms with E-state index in [1.807, 2.05) is 18.2 Å². The van der Waals surface area contributed by atoms with Crippen molar-refractivity contribution in [3.63, 3.8) is 0 Å². The van der Waals surface area contributed by atoms with E-state index < -0.39 is 0 Å². The Balaban J connectivity index is 1.40. The van der Waals surface area contributed by atoms with Crippen LogP contribution in [-0.2, 0) is 0 Å². The minimum absolute atomic E-state index is 0.706. The fraction of sp³-hybridized carbons (Fsp3) is 0. The van der Waals surface area contributed by atoms with Gasteiger partial charge in [-0.05, 0) is 61.3 Å². The van der Waals surface area contributed by atoms with Gasteiger partial charge >= 0.3 is 0 Å². The molecule has 0 aliphatic heterocycles. The lowest BCUT2D eigenvalue weighted by molar-refractivity contribution is 1.19. The third kappa shape index (κ3) is 4.83. The highest BCUT2D eigenvalue weighted by Gasteiger charge is 2.21. The van der Waals surface area contributed by atoms with Crippen LogP contribution in [0, 0.1) is 0 Å². The van der Waals surface area contributed by atoms with Crippen LogP contribution in [0.5, 0.6) is 0 Å². The first-order chi connectivity index (χ1) is 23.8.